The zero-order valence-electron chi connectivity index (χ0n) is 12.1. The monoisotopic (exact) mass is 277 g/mol. The van der Waals surface area contributed by atoms with Gasteiger partial charge >= 0.3 is 0 Å². The molecule has 1 unspecified atom stereocenters. The summed E-state index contributed by atoms with van der Waals surface area (Å²) in [6, 6.07) is 17.1. The highest BCUT2D eigenvalue weighted by molar-refractivity contribution is 5.83. The molecule has 3 aromatic rings. The number of benzene rings is 2. The molecule has 1 heterocycles. The van der Waals surface area contributed by atoms with Gasteiger partial charge in [0.1, 0.15) is 0 Å². The second kappa shape index (κ2) is 6.04. The summed E-state index contributed by atoms with van der Waals surface area (Å²) < 4.78 is 0. The Morgan fingerprint density at radius 1 is 1.05 bits per heavy atom. The quantitative estimate of drug-likeness (QED) is 0.568. The molecule has 1 aromatic heterocycles. The Balaban J connectivity index is 1.88. The number of aromatic nitrogens is 1. The first-order chi connectivity index (χ1) is 10.3. The number of nitrogens with two attached hydrogens (primary N) is 1. The maximum atomic E-state index is 5.74. The molecule has 0 saturated heterocycles. The van der Waals surface area contributed by atoms with Crippen LogP contribution in [0.4, 0.5) is 0 Å². The van der Waals surface area contributed by atoms with Crippen molar-refractivity contribution in [2.75, 3.05) is 0 Å². The van der Waals surface area contributed by atoms with Gasteiger partial charge < -0.3 is 0 Å². The predicted molar refractivity (Wildman–Crippen MR) is 86.7 cm³/mol. The first-order valence-corrected chi connectivity index (χ1v) is 7.11. The van der Waals surface area contributed by atoms with E-state index in [4.69, 9.17) is 5.84 Å². The highest BCUT2D eigenvalue weighted by Crippen LogP contribution is 2.21. The van der Waals surface area contributed by atoms with Gasteiger partial charge in [-0.3, -0.25) is 16.3 Å². The van der Waals surface area contributed by atoms with Gasteiger partial charge in [0.15, 0.2) is 0 Å². The maximum absolute atomic E-state index is 5.74. The van der Waals surface area contributed by atoms with Crippen LogP contribution < -0.4 is 11.3 Å². The number of nitrogens with zero attached hydrogens (tertiary/aromatic N) is 1. The Morgan fingerprint density at radius 3 is 2.62 bits per heavy atom. The third kappa shape index (κ3) is 3.10. The number of nitrogens with one attached hydrogen (secondary N) is 1. The van der Waals surface area contributed by atoms with Crippen molar-refractivity contribution >= 4 is 10.8 Å². The Bertz CT molecular complexity index is 752. The summed E-state index contributed by atoms with van der Waals surface area (Å²) in [6.45, 7) is 2.04. The first kappa shape index (κ1) is 13.7. The molecule has 3 nitrogen and oxygen atoms in total. The fourth-order valence-corrected chi connectivity index (χ4v) is 2.64. The number of aryl methyl sites for hydroxylation is 1. The van der Waals surface area contributed by atoms with Crippen molar-refractivity contribution in [3.63, 3.8) is 0 Å². The van der Waals surface area contributed by atoms with Gasteiger partial charge in [-0.1, -0.05) is 48.5 Å². The molecule has 3 rings (SSSR count). The van der Waals surface area contributed by atoms with Gasteiger partial charge in [0.25, 0.3) is 0 Å². The summed E-state index contributed by atoms with van der Waals surface area (Å²) in [5.74, 6) is 5.74. The molecule has 0 aliphatic rings. The molecule has 21 heavy (non-hydrogen) atoms. The Hall–Kier alpha value is -2.23. The molecule has 0 saturated carbocycles. The van der Waals surface area contributed by atoms with E-state index >= 15 is 0 Å². The van der Waals surface area contributed by atoms with Gasteiger partial charge in [0.05, 0.1) is 6.04 Å². The molecule has 0 amide bonds. The third-order valence-corrected chi connectivity index (χ3v) is 3.75. The molecule has 2 aromatic carbocycles. The van der Waals surface area contributed by atoms with Crippen LogP contribution >= 0.6 is 0 Å². The van der Waals surface area contributed by atoms with Crippen molar-refractivity contribution in [2.24, 2.45) is 5.84 Å². The van der Waals surface area contributed by atoms with E-state index in [1.807, 2.05) is 19.3 Å². The van der Waals surface area contributed by atoms with Crippen molar-refractivity contribution in [3.8, 4) is 0 Å². The van der Waals surface area contributed by atoms with E-state index < -0.39 is 0 Å². The van der Waals surface area contributed by atoms with Crippen molar-refractivity contribution in [1.29, 1.82) is 0 Å². The number of hydrogen-bond donors (Lipinski definition) is 2. The normalized spacial score (nSPS) is 12.5. The summed E-state index contributed by atoms with van der Waals surface area (Å²) in [4.78, 5) is 4.25. The third-order valence-electron chi connectivity index (χ3n) is 3.75. The minimum absolute atomic E-state index is 0.0681. The predicted octanol–water partition coefficient (Wildman–Crippen LogP) is 3.29. The second-order valence-corrected chi connectivity index (χ2v) is 5.40. The summed E-state index contributed by atoms with van der Waals surface area (Å²) in [7, 11) is 0. The molecule has 0 radical (unpaired) electrons. The standard InChI is InChI=1S/C18H19N3/c1-13-8-17(12-20-11-13)18(21-19)10-14-6-7-15-4-2-3-5-16(15)9-14/h2-9,11-12,18,21H,10,19H2,1H3. The van der Waals surface area contributed by atoms with Crippen molar-refractivity contribution < 1.29 is 0 Å². The minimum Gasteiger partial charge on any atom is -0.271 e. The number of rotatable bonds is 4. The number of pyridine rings is 1. The lowest BCUT2D eigenvalue weighted by Gasteiger charge is -2.17. The van der Waals surface area contributed by atoms with E-state index in [1.165, 1.54) is 16.3 Å². The van der Waals surface area contributed by atoms with Crippen molar-refractivity contribution in [1.82, 2.24) is 10.4 Å². The van der Waals surface area contributed by atoms with E-state index in [0.29, 0.717) is 0 Å². The lowest BCUT2D eigenvalue weighted by Crippen LogP contribution is -2.29. The Labute approximate surface area is 124 Å². The van der Waals surface area contributed by atoms with E-state index in [9.17, 15) is 0 Å². The fourth-order valence-electron chi connectivity index (χ4n) is 2.64. The van der Waals surface area contributed by atoms with Gasteiger partial charge in [-0.15, -0.1) is 0 Å². The fraction of sp³-hybridized carbons (Fsp3) is 0.167. The van der Waals surface area contributed by atoms with E-state index in [2.05, 4.69) is 58.9 Å². The Kier molecular flexibility index (Phi) is 3.95. The number of hydrazine groups is 1. The summed E-state index contributed by atoms with van der Waals surface area (Å²) >= 11 is 0. The van der Waals surface area contributed by atoms with Crippen molar-refractivity contribution in [2.45, 2.75) is 19.4 Å². The molecule has 0 bridgehead atoms. The lowest BCUT2D eigenvalue weighted by molar-refractivity contribution is 0.550. The van der Waals surface area contributed by atoms with Crippen LogP contribution in [0.3, 0.4) is 0 Å². The minimum atomic E-state index is 0.0681. The van der Waals surface area contributed by atoms with Crippen LogP contribution in [0.2, 0.25) is 0 Å². The molecule has 0 spiro atoms. The second-order valence-electron chi connectivity index (χ2n) is 5.40. The maximum Gasteiger partial charge on any atom is 0.0515 e. The molecular weight excluding hydrogens is 258 g/mol. The topological polar surface area (TPSA) is 50.9 Å². The highest BCUT2D eigenvalue weighted by Gasteiger charge is 2.11. The summed E-state index contributed by atoms with van der Waals surface area (Å²) in [5, 5.41) is 2.52. The average Bonchev–Trinajstić information content (AvgIpc) is 2.52. The van der Waals surface area contributed by atoms with Crippen LogP contribution in [0, 0.1) is 6.92 Å². The molecule has 106 valence electrons. The first-order valence-electron chi connectivity index (χ1n) is 7.11. The smallest absolute Gasteiger partial charge is 0.0515 e. The molecule has 0 fully saturated rings. The zero-order chi connectivity index (χ0) is 14.7. The van der Waals surface area contributed by atoms with Gasteiger partial charge in [-0.05, 0) is 40.8 Å². The van der Waals surface area contributed by atoms with Crippen LogP contribution in [0.25, 0.3) is 10.8 Å². The number of hydrogen-bond acceptors (Lipinski definition) is 3. The number of fused-ring (bicyclic) bond motifs is 1. The van der Waals surface area contributed by atoms with Gasteiger partial charge in [-0.25, -0.2) is 0 Å². The van der Waals surface area contributed by atoms with Crippen LogP contribution in [-0.4, -0.2) is 4.98 Å². The lowest BCUT2D eigenvalue weighted by atomic mass is 9.98. The Morgan fingerprint density at radius 2 is 1.86 bits per heavy atom. The van der Waals surface area contributed by atoms with Crippen LogP contribution in [-0.2, 0) is 6.42 Å². The van der Waals surface area contributed by atoms with Crippen LogP contribution in [0.15, 0.2) is 60.9 Å². The molecule has 1 atom stereocenters. The molecule has 0 aliphatic heterocycles. The highest BCUT2D eigenvalue weighted by atomic mass is 15.2. The van der Waals surface area contributed by atoms with Gasteiger partial charge in [0.2, 0.25) is 0 Å². The molecule has 0 aliphatic carbocycles. The summed E-state index contributed by atoms with van der Waals surface area (Å²) in [6.07, 6.45) is 4.57. The van der Waals surface area contributed by atoms with Crippen LogP contribution in [0.5, 0.6) is 0 Å². The van der Waals surface area contributed by atoms with E-state index in [0.717, 1.165) is 17.5 Å². The largest absolute Gasteiger partial charge is 0.271 e. The van der Waals surface area contributed by atoms with Gasteiger partial charge in [-0.2, -0.15) is 0 Å². The molecule has 3 heteroatoms. The van der Waals surface area contributed by atoms with E-state index in [1.54, 1.807) is 0 Å². The van der Waals surface area contributed by atoms with Crippen molar-refractivity contribution in [3.05, 3.63) is 77.6 Å². The van der Waals surface area contributed by atoms with Crippen LogP contribution in [0.1, 0.15) is 22.7 Å². The SMILES string of the molecule is Cc1cncc(C(Cc2ccc3ccccc3c2)NN)c1. The summed E-state index contributed by atoms with van der Waals surface area (Å²) in [5.41, 5.74) is 6.43. The van der Waals surface area contributed by atoms with E-state index in [-0.39, 0.29) is 6.04 Å². The average molecular weight is 277 g/mol. The molecule has 3 N–H and O–H groups in total. The van der Waals surface area contributed by atoms with Gasteiger partial charge in [0, 0.05) is 12.4 Å². The molecular formula is C18H19N3. The zero-order valence-corrected chi connectivity index (χ0v) is 12.1.